The number of thiazole rings is 1. The number of amides is 1. The number of aromatic nitrogens is 3. The van der Waals surface area contributed by atoms with Crippen LogP contribution < -0.4 is 4.90 Å². The summed E-state index contributed by atoms with van der Waals surface area (Å²) in [6.07, 6.45) is 6.59. The maximum atomic E-state index is 12.4. The van der Waals surface area contributed by atoms with Crippen LogP contribution in [0.1, 0.15) is 35.1 Å². The van der Waals surface area contributed by atoms with Crippen LogP contribution in [0, 0.1) is 6.92 Å². The molecule has 2 aromatic heterocycles. The molecule has 0 unspecified atom stereocenters. The molecule has 1 atom stereocenters. The summed E-state index contributed by atoms with van der Waals surface area (Å²) in [6, 6.07) is 0. The summed E-state index contributed by atoms with van der Waals surface area (Å²) in [5, 5.41) is 0.536. The quantitative estimate of drug-likeness (QED) is 0.853. The number of carbonyl (C=O) groups is 2. The first-order valence-electron chi connectivity index (χ1n) is 7.46. The first-order valence-corrected chi connectivity index (χ1v) is 8.27. The van der Waals surface area contributed by atoms with Crippen molar-refractivity contribution in [2.45, 2.75) is 32.8 Å². The van der Waals surface area contributed by atoms with Crippen LogP contribution in [0.15, 0.2) is 18.7 Å². The van der Waals surface area contributed by atoms with Crippen LogP contribution in [0.5, 0.6) is 0 Å². The molecule has 3 heterocycles. The minimum atomic E-state index is -0.190. The largest absolute Gasteiger partial charge is 0.376 e. The van der Waals surface area contributed by atoms with Crippen LogP contribution >= 0.6 is 11.3 Å². The van der Waals surface area contributed by atoms with Crippen LogP contribution in [0.25, 0.3) is 0 Å². The fourth-order valence-electron chi connectivity index (χ4n) is 2.53. The van der Waals surface area contributed by atoms with Crippen molar-refractivity contribution < 1.29 is 14.3 Å². The number of hydrogen-bond acceptors (Lipinski definition) is 6. The highest BCUT2D eigenvalue weighted by molar-refractivity contribution is 7.17. The van der Waals surface area contributed by atoms with E-state index in [0.717, 1.165) is 19.4 Å². The molecule has 0 spiro atoms. The second-order valence-electron chi connectivity index (χ2n) is 5.45. The summed E-state index contributed by atoms with van der Waals surface area (Å²) < 4.78 is 7.01. The van der Waals surface area contributed by atoms with E-state index in [9.17, 15) is 9.59 Å². The third-order valence-corrected chi connectivity index (χ3v) is 4.91. The SMILES string of the molecule is CC(=O)N(C[C@H]1CCCO1)c1nc(C)c(C(=O)n2ccnc2)s1. The predicted molar refractivity (Wildman–Crippen MR) is 85.8 cm³/mol. The molecule has 3 rings (SSSR count). The van der Waals surface area contributed by atoms with Crippen molar-refractivity contribution in [2.24, 2.45) is 0 Å². The van der Waals surface area contributed by atoms with Gasteiger partial charge in [-0.3, -0.25) is 19.1 Å². The summed E-state index contributed by atoms with van der Waals surface area (Å²) in [5.41, 5.74) is 0.613. The van der Waals surface area contributed by atoms with Gasteiger partial charge in [0.05, 0.1) is 18.3 Å². The molecule has 1 aliphatic rings. The van der Waals surface area contributed by atoms with Crippen molar-refractivity contribution >= 4 is 28.3 Å². The van der Waals surface area contributed by atoms with Gasteiger partial charge < -0.3 is 4.74 Å². The van der Waals surface area contributed by atoms with Gasteiger partial charge in [-0.25, -0.2) is 9.97 Å². The number of carbonyl (C=O) groups excluding carboxylic acids is 2. The Labute approximate surface area is 137 Å². The molecule has 0 aliphatic carbocycles. The van der Waals surface area contributed by atoms with Gasteiger partial charge in [-0.15, -0.1) is 0 Å². The van der Waals surface area contributed by atoms with Gasteiger partial charge in [0, 0.05) is 25.9 Å². The van der Waals surface area contributed by atoms with E-state index in [1.54, 1.807) is 24.2 Å². The Bertz CT molecular complexity index is 704. The predicted octanol–water partition coefficient (Wildman–Crippen LogP) is 1.87. The Balaban J connectivity index is 1.85. The van der Waals surface area contributed by atoms with Gasteiger partial charge in [-0.2, -0.15) is 0 Å². The topological polar surface area (TPSA) is 77.3 Å². The first kappa shape index (κ1) is 15.8. The van der Waals surface area contributed by atoms with Crippen LogP contribution in [-0.4, -0.2) is 45.6 Å². The molecular weight excluding hydrogens is 316 g/mol. The first-order chi connectivity index (χ1) is 11.1. The third kappa shape index (κ3) is 3.32. The molecule has 8 heteroatoms. The Morgan fingerprint density at radius 1 is 1.52 bits per heavy atom. The van der Waals surface area contributed by atoms with Gasteiger partial charge in [-0.05, 0) is 19.8 Å². The molecule has 1 saturated heterocycles. The van der Waals surface area contributed by atoms with Crippen LogP contribution in [0.3, 0.4) is 0 Å². The highest BCUT2D eigenvalue weighted by Crippen LogP contribution is 2.28. The Morgan fingerprint density at radius 3 is 2.96 bits per heavy atom. The van der Waals surface area contributed by atoms with Crippen molar-refractivity contribution in [2.75, 3.05) is 18.1 Å². The lowest BCUT2D eigenvalue weighted by Crippen LogP contribution is -2.35. The van der Waals surface area contributed by atoms with E-state index in [2.05, 4.69) is 9.97 Å². The van der Waals surface area contributed by atoms with E-state index >= 15 is 0 Å². The summed E-state index contributed by atoms with van der Waals surface area (Å²) in [7, 11) is 0. The second-order valence-corrected chi connectivity index (χ2v) is 6.43. The van der Waals surface area contributed by atoms with E-state index in [4.69, 9.17) is 4.74 Å². The highest BCUT2D eigenvalue weighted by Gasteiger charge is 2.26. The third-order valence-electron chi connectivity index (χ3n) is 3.74. The lowest BCUT2D eigenvalue weighted by molar-refractivity contribution is -0.116. The number of anilines is 1. The monoisotopic (exact) mass is 334 g/mol. The fourth-order valence-corrected chi connectivity index (χ4v) is 3.59. The Morgan fingerprint density at radius 2 is 2.35 bits per heavy atom. The van der Waals surface area contributed by atoms with E-state index in [1.807, 2.05) is 0 Å². The number of hydrogen-bond donors (Lipinski definition) is 0. The number of imidazole rings is 1. The summed E-state index contributed by atoms with van der Waals surface area (Å²) >= 11 is 1.23. The average molecular weight is 334 g/mol. The molecule has 0 aromatic carbocycles. The van der Waals surface area contributed by atoms with Crippen LogP contribution in [0.2, 0.25) is 0 Å². The van der Waals surface area contributed by atoms with Crippen molar-refractivity contribution in [1.29, 1.82) is 0 Å². The van der Waals surface area contributed by atoms with Crippen molar-refractivity contribution in [3.05, 3.63) is 29.3 Å². The minimum absolute atomic E-state index is 0.0379. The second kappa shape index (κ2) is 6.59. The van der Waals surface area contributed by atoms with Crippen molar-refractivity contribution in [3.8, 4) is 0 Å². The van der Waals surface area contributed by atoms with Crippen LogP contribution in [-0.2, 0) is 9.53 Å². The van der Waals surface area contributed by atoms with Crippen molar-refractivity contribution in [3.63, 3.8) is 0 Å². The van der Waals surface area contributed by atoms with Gasteiger partial charge in [0.15, 0.2) is 5.13 Å². The molecule has 7 nitrogen and oxygen atoms in total. The van der Waals surface area contributed by atoms with E-state index < -0.39 is 0 Å². The van der Waals surface area contributed by atoms with Crippen LogP contribution in [0.4, 0.5) is 5.13 Å². The number of aryl methyl sites for hydroxylation is 1. The molecule has 0 N–H and O–H groups in total. The lowest BCUT2D eigenvalue weighted by atomic mass is 10.2. The summed E-state index contributed by atoms with van der Waals surface area (Å²) in [4.78, 5) is 34.8. The fraction of sp³-hybridized carbons (Fsp3) is 0.467. The maximum Gasteiger partial charge on any atom is 0.275 e. The molecule has 1 fully saturated rings. The smallest absolute Gasteiger partial charge is 0.275 e. The van der Waals surface area contributed by atoms with Gasteiger partial charge in [0.2, 0.25) is 5.91 Å². The number of ether oxygens (including phenoxy) is 1. The molecule has 122 valence electrons. The van der Waals surface area contributed by atoms with E-state index in [0.29, 0.717) is 22.2 Å². The Hall–Kier alpha value is -2.06. The average Bonchev–Trinajstić information content (AvgIpc) is 3.25. The molecule has 1 amide bonds. The zero-order valence-corrected chi connectivity index (χ0v) is 13.9. The molecule has 0 radical (unpaired) electrons. The highest BCUT2D eigenvalue weighted by atomic mass is 32.1. The van der Waals surface area contributed by atoms with Gasteiger partial charge in [0.25, 0.3) is 5.91 Å². The Kier molecular flexibility index (Phi) is 4.53. The standard InChI is InChI=1S/C15H18N4O3S/c1-10-13(14(21)18-6-5-16-9-18)23-15(17-10)19(11(2)20)8-12-4-3-7-22-12/h5-6,9,12H,3-4,7-8H2,1-2H3/t12-/m1/s1. The summed E-state index contributed by atoms with van der Waals surface area (Å²) in [6.45, 7) is 4.48. The lowest BCUT2D eigenvalue weighted by Gasteiger charge is -2.21. The maximum absolute atomic E-state index is 12.4. The van der Waals surface area contributed by atoms with Crippen molar-refractivity contribution in [1.82, 2.24) is 14.5 Å². The molecule has 23 heavy (non-hydrogen) atoms. The molecule has 1 aliphatic heterocycles. The van der Waals surface area contributed by atoms with Gasteiger partial charge in [-0.1, -0.05) is 11.3 Å². The zero-order chi connectivity index (χ0) is 16.4. The number of rotatable bonds is 4. The summed E-state index contributed by atoms with van der Waals surface area (Å²) in [5.74, 6) is -0.291. The normalized spacial score (nSPS) is 17.4. The van der Waals surface area contributed by atoms with E-state index in [-0.39, 0.29) is 17.9 Å². The molecular formula is C15H18N4O3S. The molecule has 0 saturated carbocycles. The minimum Gasteiger partial charge on any atom is -0.376 e. The molecule has 2 aromatic rings. The zero-order valence-electron chi connectivity index (χ0n) is 13.1. The molecule has 0 bridgehead atoms. The van der Waals surface area contributed by atoms with E-state index in [1.165, 1.54) is 29.2 Å². The van der Waals surface area contributed by atoms with Gasteiger partial charge >= 0.3 is 0 Å². The number of nitrogens with zero attached hydrogens (tertiary/aromatic N) is 4. The van der Waals surface area contributed by atoms with Gasteiger partial charge in [0.1, 0.15) is 11.2 Å².